The van der Waals surface area contributed by atoms with Gasteiger partial charge in [0.2, 0.25) is 0 Å². The van der Waals surface area contributed by atoms with E-state index in [4.69, 9.17) is 21.3 Å². The number of hydrogen-bond donors (Lipinski definition) is 0. The molecule has 0 amide bonds. The quantitative estimate of drug-likeness (QED) is 0.283. The number of halogens is 4. The number of amidine groups is 1. The lowest BCUT2D eigenvalue weighted by atomic mass is 9.90. The number of alkyl halides is 2. The van der Waals surface area contributed by atoms with Crippen LogP contribution >= 0.6 is 23.4 Å². The van der Waals surface area contributed by atoms with Gasteiger partial charge in [0.05, 0.1) is 30.2 Å². The predicted molar refractivity (Wildman–Crippen MR) is 146 cm³/mol. The fourth-order valence-corrected chi connectivity index (χ4v) is 6.30. The van der Waals surface area contributed by atoms with Crippen LogP contribution in [0.3, 0.4) is 0 Å². The van der Waals surface area contributed by atoms with Gasteiger partial charge in [0.1, 0.15) is 23.9 Å². The summed E-state index contributed by atoms with van der Waals surface area (Å²) in [7, 11) is 0. The molecule has 10 heteroatoms. The van der Waals surface area contributed by atoms with Gasteiger partial charge < -0.3 is 9.64 Å². The Morgan fingerprint density at radius 3 is 2.87 bits per heavy atom. The highest BCUT2D eigenvalue weighted by Gasteiger charge is 2.48. The van der Waals surface area contributed by atoms with Gasteiger partial charge in [-0.1, -0.05) is 29.8 Å². The van der Waals surface area contributed by atoms with Gasteiger partial charge in [0.25, 0.3) is 0 Å². The van der Waals surface area contributed by atoms with Gasteiger partial charge in [0, 0.05) is 34.4 Å². The highest BCUT2D eigenvalue weighted by atomic mass is 35.5. The Kier molecular flexibility index (Phi) is 7.60. The summed E-state index contributed by atoms with van der Waals surface area (Å²) in [6.45, 7) is 3.25. The van der Waals surface area contributed by atoms with Gasteiger partial charge in [-0.2, -0.15) is 0 Å². The Hall–Kier alpha value is -2.78. The summed E-state index contributed by atoms with van der Waals surface area (Å²) >= 11 is 8.10. The van der Waals surface area contributed by atoms with Crippen LogP contribution in [0, 0.1) is 5.82 Å². The van der Waals surface area contributed by atoms with Gasteiger partial charge in [-0.3, -0.25) is 9.98 Å². The summed E-state index contributed by atoms with van der Waals surface area (Å²) in [5, 5.41) is 2.12. The van der Waals surface area contributed by atoms with E-state index in [0.717, 1.165) is 6.08 Å². The second-order valence-electron chi connectivity index (χ2n) is 9.57. The van der Waals surface area contributed by atoms with Crippen LogP contribution < -0.4 is 0 Å². The van der Waals surface area contributed by atoms with Crippen LogP contribution in [0.5, 0.6) is 0 Å². The number of ether oxygens (including phenoxy) is 1. The molecule has 200 valence electrons. The summed E-state index contributed by atoms with van der Waals surface area (Å²) in [5.74, 6) is -0.430. The lowest BCUT2D eigenvalue weighted by molar-refractivity contribution is -0.137. The Labute approximate surface area is 228 Å². The topological polar surface area (TPSA) is 54.3 Å². The molecule has 5 rings (SSSR count). The Bertz CT molecular complexity index is 1310. The molecule has 38 heavy (non-hydrogen) atoms. The number of aliphatic imine (C=N–C) groups is 2. The van der Waals surface area contributed by atoms with E-state index in [-0.39, 0.29) is 29.8 Å². The fraction of sp³-hybridized carbons (Fsp3) is 0.393. The standard InChI is InChI=1S/C28H27ClF3N3O2S/c1-3-37-24(36)10-11-28(32)14-22-25(21-9-8-20(33-21)16(2)30)26(18-7-6-17(31)13-19(18)29)34-27(35(22)15-28)23-5-4-12-38-23/h4,6-13,16,20,23,26H,3,5,14-15H2,1-2H3/b11-10+/t16?,20?,23?,26-,28+/m0/s1. The molecule has 5 nitrogen and oxygen atoms in total. The zero-order valence-electron chi connectivity index (χ0n) is 20.9. The van der Waals surface area contributed by atoms with Crippen molar-refractivity contribution in [1.82, 2.24) is 4.90 Å². The van der Waals surface area contributed by atoms with E-state index in [9.17, 15) is 13.6 Å². The van der Waals surface area contributed by atoms with Crippen LogP contribution in [-0.4, -0.2) is 58.7 Å². The first-order valence-electron chi connectivity index (χ1n) is 12.5. The van der Waals surface area contributed by atoms with Crippen LogP contribution in [0.1, 0.15) is 38.3 Å². The molecule has 1 aromatic carbocycles. The van der Waals surface area contributed by atoms with Crippen molar-refractivity contribution in [3.8, 4) is 0 Å². The van der Waals surface area contributed by atoms with Gasteiger partial charge in [-0.25, -0.2) is 18.0 Å². The van der Waals surface area contributed by atoms with E-state index in [0.29, 0.717) is 34.8 Å². The van der Waals surface area contributed by atoms with Crippen LogP contribution in [0.2, 0.25) is 5.02 Å². The number of benzene rings is 1. The lowest BCUT2D eigenvalue weighted by Gasteiger charge is -2.35. The average Bonchev–Trinajstić information content (AvgIpc) is 3.62. The van der Waals surface area contributed by atoms with Crippen molar-refractivity contribution >= 4 is 40.9 Å². The highest BCUT2D eigenvalue weighted by molar-refractivity contribution is 8.03. The molecule has 0 radical (unpaired) electrons. The second-order valence-corrected chi connectivity index (χ2v) is 11.1. The minimum Gasteiger partial charge on any atom is -0.463 e. The van der Waals surface area contributed by atoms with E-state index in [1.54, 1.807) is 36.9 Å². The molecular formula is C28H27ClF3N3O2S. The highest BCUT2D eigenvalue weighted by Crippen LogP contribution is 2.48. The normalized spacial score (nSPS) is 29.2. The molecule has 0 bridgehead atoms. The Morgan fingerprint density at radius 2 is 2.21 bits per heavy atom. The van der Waals surface area contributed by atoms with Crippen molar-refractivity contribution in [3.63, 3.8) is 0 Å². The third kappa shape index (κ3) is 5.23. The van der Waals surface area contributed by atoms with E-state index < -0.39 is 35.7 Å². The van der Waals surface area contributed by atoms with E-state index in [2.05, 4.69) is 4.99 Å². The van der Waals surface area contributed by atoms with Gasteiger partial charge in [-0.05, 0) is 50.0 Å². The summed E-state index contributed by atoms with van der Waals surface area (Å²) in [4.78, 5) is 23.5. The zero-order chi connectivity index (χ0) is 27.0. The van der Waals surface area contributed by atoms with E-state index in [1.165, 1.54) is 25.1 Å². The van der Waals surface area contributed by atoms with Crippen molar-refractivity contribution in [2.24, 2.45) is 9.98 Å². The molecule has 0 spiro atoms. The number of thioether (sulfide) groups is 1. The molecule has 1 fully saturated rings. The number of esters is 1. The van der Waals surface area contributed by atoms with Crippen molar-refractivity contribution in [3.05, 3.63) is 81.7 Å². The molecule has 3 unspecified atom stereocenters. The first-order chi connectivity index (χ1) is 18.2. The SMILES string of the molecule is CCOC(=O)/C=C/[C@@]1(F)CC2=C(C3=NC(C(C)F)C=C3)[C@H](c3ccc(F)cc3Cl)N=C(C3CC=CS3)N2C1. The van der Waals surface area contributed by atoms with Crippen LogP contribution in [0.15, 0.2) is 75.2 Å². The maximum Gasteiger partial charge on any atom is 0.330 e. The second kappa shape index (κ2) is 10.8. The minimum absolute atomic E-state index is 0.0515. The van der Waals surface area contributed by atoms with Crippen molar-refractivity contribution in [2.75, 3.05) is 13.2 Å². The maximum atomic E-state index is 16.4. The average molecular weight is 562 g/mol. The molecule has 0 aromatic heterocycles. The lowest BCUT2D eigenvalue weighted by Crippen LogP contribution is -2.40. The maximum absolute atomic E-state index is 16.4. The molecular weight excluding hydrogens is 535 g/mol. The minimum atomic E-state index is -1.89. The number of carbonyl (C=O) groups excluding carboxylic acids is 1. The molecule has 4 aliphatic heterocycles. The number of allylic oxidation sites excluding steroid dienone is 3. The van der Waals surface area contributed by atoms with Crippen LogP contribution in [-0.2, 0) is 9.53 Å². The molecule has 1 saturated heterocycles. The van der Waals surface area contributed by atoms with Gasteiger partial charge in [-0.15, -0.1) is 11.8 Å². The van der Waals surface area contributed by atoms with Gasteiger partial charge in [0.15, 0.2) is 5.67 Å². The van der Waals surface area contributed by atoms with Crippen molar-refractivity contribution in [1.29, 1.82) is 0 Å². The van der Waals surface area contributed by atoms with Crippen molar-refractivity contribution < 1.29 is 22.7 Å². The first kappa shape index (κ1) is 26.8. The van der Waals surface area contributed by atoms with Crippen LogP contribution in [0.25, 0.3) is 0 Å². The monoisotopic (exact) mass is 561 g/mol. The summed E-state index contributed by atoms with van der Waals surface area (Å²) in [6.07, 6.45) is 7.25. The molecule has 5 atom stereocenters. The summed E-state index contributed by atoms with van der Waals surface area (Å²) < 4.78 is 49.4. The largest absolute Gasteiger partial charge is 0.463 e. The van der Waals surface area contributed by atoms with Crippen LogP contribution in [0.4, 0.5) is 13.2 Å². The molecule has 4 heterocycles. The predicted octanol–water partition coefficient (Wildman–Crippen LogP) is 6.48. The number of nitrogens with zero attached hydrogens (tertiary/aromatic N) is 3. The summed E-state index contributed by atoms with van der Waals surface area (Å²) in [6, 6.07) is 2.75. The number of carbonyl (C=O) groups is 1. The molecule has 0 aliphatic carbocycles. The van der Waals surface area contributed by atoms with Gasteiger partial charge >= 0.3 is 5.97 Å². The molecule has 0 saturated carbocycles. The number of hydrogen-bond acceptors (Lipinski definition) is 6. The van der Waals surface area contributed by atoms with Crippen molar-refractivity contribution in [2.45, 2.75) is 55.9 Å². The third-order valence-corrected chi connectivity index (χ3v) is 8.26. The summed E-state index contributed by atoms with van der Waals surface area (Å²) in [5.41, 5.74) is 0.390. The first-order valence-corrected chi connectivity index (χ1v) is 13.8. The molecule has 0 N–H and O–H groups in total. The smallest absolute Gasteiger partial charge is 0.330 e. The third-order valence-electron chi connectivity index (χ3n) is 6.86. The Morgan fingerprint density at radius 1 is 1.39 bits per heavy atom. The molecule has 4 aliphatic rings. The Balaban J connectivity index is 1.65. The number of rotatable bonds is 7. The number of fused-ring (bicyclic) bond motifs is 1. The van der Waals surface area contributed by atoms with E-state index in [1.807, 2.05) is 16.4 Å². The molecule has 1 aromatic rings. The van der Waals surface area contributed by atoms with E-state index >= 15 is 4.39 Å². The fourth-order valence-electron chi connectivity index (χ4n) is 5.09. The zero-order valence-corrected chi connectivity index (χ0v) is 22.5.